The third-order valence-electron chi connectivity index (χ3n) is 4.39. The Balaban J connectivity index is 1.81. The highest BCUT2D eigenvalue weighted by Gasteiger charge is 2.56. The van der Waals surface area contributed by atoms with Crippen LogP contribution in [-0.4, -0.2) is 11.2 Å². The Morgan fingerprint density at radius 1 is 1.09 bits per heavy atom. The molecule has 0 aromatic carbocycles. The molecular formula is C10H16O. The molecule has 0 aromatic rings. The van der Waals surface area contributed by atoms with E-state index in [0.29, 0.717) is 5.41 Å². The minimum absolute atomic E-state index is 0.0642. The molecule has 2 unspecified atom stereocenters. The first-order valence-corrected chi connectivity index (χ1v) is 4.97. The second kappa shape index (κ2) is 1.82. The molecule has 3 fully saturated rings. The van der Waals surface area contributed by atoms with Crippen molar-refractivity contribution in [1.29, 1.82) is 0 Å². The van der Waals surface area contributed by atoms with E-state index in [2.05, 4.69) is 0 Å². The summed E-state index contributed by atoms with van der Waals surface area (Å²) in [6.45, 7) is 0. The quantitative estimate of drug-likeness (QED) is 0.562. The Morgan fingerprint density at radius 3 is 2.36 bits per heavy atom. The number of hydrogen-bond donors (Lipinski definition) is 1. The van der Waals surface area contributed by atoms with Gasteiger partial charge in [0.15, 0.2) is 0 Å². The van der Waals surface area contributed by atoms with Gasteiger partial charge in [0.1, 0.15) is 0 Å². The SMILES string of the molecule is OC1CC2(C1)CC1CCC2C1. The molecule has 0 aliphatic heterocycles. The number of rotatable bonds is 0. The molecule has 0 heterocycles. The van der Waals surface area contributed by atoms with Crippen molar-refractivity contribution in [2.45, 2.75) is 44.6 Å². The Hall–Kier alpha value is -0.0400. The molecule has 62 valence electrons. The van der Waals surface area contributed by atoms with Crippen LogP contribution in [0.4, 0.5) is 0 Å². The lowest BCUT2D eigenvalue weighted by atomic mass is 9.58. The summed E-state index contributed by atoms with van der Waals surface area (Å²) in [4.78, 5) is 0. The molecule has 3 aliphatic carbocycles. The van der Waals surface area contributed by atoms with Gasteiger partial charge in [-0.2, -0.15) is 0 Å². The van der Waals surface area contributed by atoms with Gasteiger partial charge >= 0.3 is 0 Å². The highest BCUT2D eigenvalue weighted by Crippen LogP contribution is 2.64. The second-order valence-corrected chi connectivity index (χ2v) is 5.00. The van der Waals surface area contributed by atoms with Crippen LogP contribution in [0, 0.1) is 17.3 Å². The Kier molecular flexibility index (Phi) is 1.07. The number of aliphatic hydroxyl groups excluding tert-OH is 1. The largest absolute Gasteiger partial charge is 0.393 e. The summed E-state index contributed by atoms with van der Waals surface area (Å²) in [7, 11) is 0. The van der Waals surface area contributed by atoms with Crippen LogP contribution in [0.25, 0.3) is 0 Å². The van der Waals surface area contributed by atoms with Crippen LogP contribution < -0.4 is 0 Å². The zero-order valence-corrected chi connectivity index (χ0v) is 6.92. The van der Waals surface area contributed by atoms with Crippen LogP contribution in [0.3, 0.4) is 0 Å². The maximum atomic E-state index is 9.30. The average molecular weight is 152 g/mol. The maximum absolute atomic E-state index is 9.30. The fraction of sp³-hybridized carbons (Fsp3) is 1.00. The maximum Gasteiger partial charge on any atom is 0.0551 e. The van der Waals surface area contributed by atoms with E-state index in [1.807, 2.05) is 0 Å². The van der Waals surface area contributed by atoms with Gasteiger partial charge in [0.25, 0.3) is 0 Å². The van der Waals surface area contributed by atoms with Gasteiger partial charge in [0, 0.05) is 0 Å². The standard InChI is InChI=1S/C10H16O/c11-9-5-10(6-9)4-7-1-2-8(10)3-7/h7-9,11H,1-6H2. The van der Waals surface area contributed by atoms with Gasteiger partial charge < -0.3 is 5.11 Å². The first-order chi connectivity index (χ1) is 5.28. The summed E-state index contributed by atoms with van der Waals surface area (Å²) in [5.74, 6) is 2.06. The summed E-state index contributed by atoms with van der Waals surface area (Å²) in [6.07, 6.45) is 8.23. The van der Waals surface area contributed by atoms with E-state index >= 15 is 0 Å². The smallest absolute Gasteiger partial charge is 0.0551 e. The average Bonchev–Trinajstić information content (AvgIpc) is 2.43. The molecule has 3 aliphatic rings. The van der Waals surface area contributed by atoms with E-state index in [0.717, 1.165) is 24.7 Å². The molecule has 2 atom stereocenters. The lowest BCUT2D eigenvalue weighted by Gasteiger charge is -2.48. The van der Waals surface area contributed by atoms with E-state index in [1.54, 1.807) is 0 Å². The van der Waals surface area contributed by atoms with Gasteiger partial charge in [-0.05, 0) is 49.4 Å². The topological polar surface area (TPSA) is 20.2 Å². The van der Waals surface area contributed by atoms with Gasteiger partial charge in [-0.3, -0.25) is 0 Å². The number of fused-ring (bicyclic) bond motifs is 3. The van der Waals surface area contributed by atoms with E-state index in [1.165, 1.54) is 25.7 Å². The first kappa shape index (κ1) is 6.47. The molecular weight excluding hydrogens is 136 g/mol. The summed E-state index contributed by atoms with van der Waals surface area (Å²) in [5.41, 5.74) is 0.655. The Labute approximate surface area is 67.8 Å². The van der Waals surface area contributed by atoms with E-state index in [9.17, 15) is 5.11 Å². The van der Waals surface area contributed by atoms with E-state index in [-0.39, 0.29) is 6.10 Å². The van der Waals surface area contributed by atoms with Crippen LogP contribution in [0.1, 0.15) is 38.5 Å². The molecule has 1 heteroatoms. The number of hydrogen-bond acceptors (Lipinski definition) is 1. The highest BCUT2D eigenvalue weighted by atomic mass is 16.3. The van der Waals surface area contributed by atoms with Gasteiger partial charge in [-0.15, -0.1) is 0 Å². The van der Waals surface area contributed by atoms with Crippen molar-refractivity contribution in [3.63, 3.8) is 0 Å². The zero-order valence-electron chi connectivity index (χ0n) is 6.92. The van der Waals surface area contributed by atoms with Crippen LogP contribution in [-0.2, 0) is 0 Å². The minimum atomic E-state index is 0.0642. The molecule has 0 amide bonds. The van der Waals surface area contributed by atoms with Gasteiger partial charge in [-0.25, -0.2) is 0 Å². The predicted octanol–water partition coefficient (Wildman–Crippen LogP) is 1.95. The first-order valence-electron chi connectivity index (χ1n) is 4.97. The molecule has 11 heavy (non-hydrogen) atoms. The molecule has 0 saturated heterocycles. The summed E-state index contributed by atoms with van der Waals surface area (Å²) < 4.78 is 0. The molecule has 1 nitrogen and oxygen atoms in total. The summed E-state index contributed by atoms with van der Waals surface area (Å²) >= 11 is 0. The molecule has 3 saturated carbocycles. The Bertz CT molecular complexity index is 181. The fourth-order valence-corrected chi connectivity index (χ4v) is 3.94. The summed E-state index contributed by atoms with van der Waals surface area (Å²) in [5, 5.41) is 9.30. The van der Waals surface area contributed by atoms with Crippen molar-refractivity contribution in [3.8, 4) is 0 Å². The second-order valence-electron chi connectivity index (χ2n) is 5.00. The van der Waals surface area contributed by atoms with Crippen LogP contribution in [0.2, 0.25) is 0 Å². The minimum Gasteiger partial charge on any atom is -0.393 e. The molecule has 2 bridgehead atoms. The number of aliphatic hydroxyl groups is 1. The van der Waals surface area contributed by atoms with E-state index < -0.39 is 0 Å². The molecule has 3 rings (SSSR count). The molecule has 0 radical (unpaired) electrons. The van der Waals surface area contributed by atoms with Gasteiger partial charge in [0.05, 0.1) is 6.10 Å². The van der Waals surface area contributed by atoms with Crippen molar-refractivity contribution in [3.05, 3.63) is 0 Å². The van der Waals surface area contributed by atoms with Crippen molar-refractivity contribution in [2.75, 3.05) is 0 Å². The van der Waals surface area contributed by atoms with Crippen LogP contribution in [0.15, 0.2) is 0 Å². The van der Waals surface area contributed by atoms with E-state index in [4.69, 9.17) is 0 Å². The van der Waals surface area contributed by atoms with Gasteiger partial charge in [0.2, 0.25) is 0 Å². The Morgan fingerprint density at radius 2 is 1.91 bits per heavy atom. The fourth-order valence-electron chi connectivity index (χ4n) is 3.94. The van der Waals surface area contributed by atoms with Crippen LogP contribution in [0.5, 0.6) is 0 Å². The van der Waals surface area contributed by atoms with Crippen LogP contribution >= 0.6 is 0 Å². The van der Waals surface area contributed by atoms with Crippen molar-refractivity contribution < 1.29 is 5.11 Å². The lowest BCUT2D eigenvalue weighted by molar-refractivity contribution is -0.0661. The van der Waals surface area contributed by atoms with Crippen molar-refractivity contribution >= 4 is 0 Å². The van der Waals surface area contributed by atoms with Gasteiger partial charge in [-0.1, -0.05) is 6.42 Å². The van der Waals surface area contributed by atoms with Crippen molar-refractivity contribution in [2.24, 2.45) is 17.3 Å². The lowest BCUT2D eigenvalue weighted by Crippen LogP contribution is -2.44. The molecule has 1 spiro atoms. The predicted molar refractivity (Wildman–Crippen MR) is 43.1 cm³/mol. The van der Waals surface area contributed by atoms with Crippen molar-refractivity contribution in [1.82, 2.24) is 0 Å². The zero-order chi connectivity index (χ0) is 7.47. The molecule has 1 N–H and O–H groups in total. The third-order valence-corrected chi connectivity index (χ3v) is 4.39. The highest BCUT2D eigenvalue weighted by molar-refractivity contribution is 5.07. The normalized spacial score (nSPS) is 60.3. The third kappa shape index (κ3) is 0.703. The monoisotopic (exact) mass is 152 g/mol. The summed E-state index contributed by atoms with van der Waals surface area (Å²) in [6, 6.07) is 0. The molecule has 0 aromatic heterocycles.